The van der Waals surface area contributed by atoms with Gasteiger partial charge in [0, 0.05) is 19.6 Å². The number of piperazine rings is 1. The van der Waals surface area contributed by atoms with Gasteiger partial charge in [-0.25, -0.2) is 8.42 Å². The van der Waals surface area contributed by atoms with E-state index < -0.39 is 22.0 Å². The maximum atomic E-state index is 12.4. The molecule has 9 heteroatoms. The lowest BCUT2D eigenvalue weighted by Crippen LogP contribution is -2.57. The molecule has 0 bridgehead atoms. The van der Waals surface area contributed by atoms with Crippen molar-refractivity contribution in [3.05, 3.63) is 12.3 Å². The fourth-order valence-electron chi connectivity index (χ4n) is 1.93. The smallest absolute Gasteiger partial charge is 0.325 e. The molecule has 1 atom stereocenters. The minimum Gasteiger partial charge on any atom is -0.465 e. The highest BCUT2D eigenvalue weighted by Gasteiger charge is 2.39. The second kappa shape index (κ2) is 5.68. The van der Waals surface area contributed by atoms with E-state index in [1.165, 1.54) is 12.3 Å². The highest BCUT2D eigenvalue weighted by Crippen LogP contribution is 2.18. The summed E-state index contributed by atoms with van der Waals surface area (Å²) in [5, 5.41) is 9.01. The zero-order chi connectivity index (χ0) is 13.9. The number of H-pyrrole nitrogens is 1. The largest absolute Gasteiger partial charge is 0.465 e. The number of nitrogens with zero attached hydrogens (tertiary/aromatic N) is 2. The molecule has 2 rings (SSSR count). The van der Waals surface area contributed by atoms with Crippen molar-refractivity contribution in [1.29, 1.82) is 0 Å². The predicted molar refractivity (Wildman–Crippen MR) is 65.8 cm³/mol. The zero-order valence-corrected chi connectivity index (χ0v) is 11.3. The molecular formula is C10H16N4O4S. The first-order valence-corrected chi connectivity index (χ1v) is 7.40. The van der Waals surface area contributed by atoms with Gasteiger partial charge in [0.1, 0.15) is 6.04 Å². The van der Waals surface area contributed by atoms with Crippen LogP contribution in [0.15, 0.2) is 17.3 Å². The van der Waals surface area contributed by atoms with Gasteiger partial charge in [0.2, 0.25) is 0 Å². The lowest BCUT2D eigenvalue weighted by molar-refractivity contribution is -0.148. The van der Waals surface area contributed by atoms with Gasteiger partial charge in [-0.15, -0.1) is 0 Å². The molecule has 0 aromatic carbocycles. The minimum atomic E-state index is -3.76. The Morgan fingerprint density at radius 1 is 1.63 bits per heavy atom. The van der Waals surface area contributed by atoms with E-state index in [2.05, 4.69) is 15.5 Å². The molecule has 1 saturated heterocycles. The summed E-state index contributed by atoms with van der Waals surface area (Å²) in [6.07, 6.45) is 1.36. The standard InChI is InChI=1S/C10H16N4O4S/c1-2-18-10(15)8-7-11-5-6-14(8)19(16,17)9-3-4-12-13-9/h3-4,8,11H,2,5-7H2,1H3,(H,12,13). The van der Waals surface area contributed by atoms with Crippen LogP contribution in [0.5, 0.6) is 0 Å². The molecule has 0 aliphatic carbocycles. The molecule has 1 unspecified atom stereocenters. The van der Waals surface area contributed by atoms with Crippen LogP contribution in [0, 0.1) is 0 Å². The van der Waals surface area contributed by atoms with Crippen LogP contribution in [-0.4, -0.2) is 61.2 Å². The first kappa shape index (κ1) is 14.0. The van der Waals surface area contributed by atoms with Crippen molar-refractivity contribution in [1.82, 2.24) is 19.8 Å². The molecule has 0 saturated carbocycles. The summed E-state index contributed by atoms with van der Waals surface area (Å²) in [6.45, 7) is 2.84. The molecule has 1 aromatic heterocycles. The van der Waals surface area contributed by atoms with Crippen molar-refractivity contribution in [3.63, 3.8) is 0 Å². The van der Waals surface area contributed by atoms with Crippen LogP contribution in [-0.2, 0) is 19.6 Å². The SMILES string of the molecule is CCOC(=O)C1CNCCN1S(=O)(=O)c1ccn[nH]1. The summed E-state index contributed by atoms with van der Waals surface area (Å²) in [5.74, 6) is -0.544. The Balaban J connectivity index is 2.27. The number of sulfonamides is 1. The summed E-state index contributed by atoms with van der Waals surface area (Å²) in [6, 6.07) is 0.515. The predicted octanol–water partition coefficient (Wildman–Crippen LogP) is -1.06. The van der Waals surface area contributed by atoms with Gasteiger partial charge in [0.15, 0.2) is 5.03 Å². The number of aromatic amines is 1. The number of esters is 1. The Bertz CT molecular complexity index is 528. The van der Waals surface area contributed by atoms with E-state index in [-0.39, 0.29) is 24.7 Å². The van der Waals surface area contributed by atoms with Gasteiger partial charge in [-0.05, 0) is 13.0 Å². The van der Waals surface area contributed by atoms with Crippen molar-refractivity contribution in [3.8, 4) is 0 Å². The summed E-state index contributed by atoms with van der Waals surface area (Å²) in [4.78, 5) is 11.8. The van der Waals surface area contributed by atoms with Crippen LogP contribution in [0.3, 0.4) is 0 Å². The normalized spacial score (nSPS) is 21.2. The first-order chi connectivity index (χ1) is 9.07. The van der Waals surface area contributed by atoms with E-state index >= 15 is 0 Å². The number of aromatic nitrogens is 2. The van der Waals surface area contributed by atoms with E-state index in [1.807, 2.05) is 0 Å². The van der Waals surface area contributed by atoms with Crippen molar-refractivity contribution in [2.24, 2.45) is 0 Å². The number of ether oxygens (including phenoxy) is 1. The maximum Gasteiger partial charge on any atom is 0.325 e. The topological polar surface area (TPSA) is 104 Å². The second-order valence-corrected chi connectivity index (χ2v) is 5.87. The van der Waals surface area contributed by atoms with Gasteiger partial charge in [-0.1, -0.05) is 0 Å². The van der Waals surface area contributed by atoms with E-state index in [9.17, 15) is 13.2 Å². The average Bonchev–Trinajstić information content (AvgIpc) is 2.93. The molecule has 1 aliphatic heterocycles. The Kier molecular flexibility index (Phi) is 4.17. The monoisotopic (exact) mass is 288 g/mol. The molecule has 0 spiro atoms. The fourth-order valence-corrected chi connectivity index (χ4v) is 3.41. The first-order valence-electron chi connectivity index (χ1n) is 5.96. The highest BCUT2D eigenvalue weighted by molar-refractivity contribution is 7.89. The summed E-state index contributed by atoms with van der Waals surface area (Å²) in [7, 11) is -3.76. The second-order valence-electron chi connectivity index (χ2n) is 4.01. The van der Waals surface area contributed by atoms with Gasteiger partial charge in [0.25, 0.3) is 10.0 Å². The number of nitrogens with one attached hydrogen (secondary N) is 2. The Morgan fingerprint density at radius 2 is 2.42 bits per heavy atom. The number of carbonyl (C=O) groups is 1. The third kappa shape index (κ3) is 2.77. The van der Waals surface area contributed by atoms with Crippen LogP contribution in [0.2, 0.25) is 0 Å². The molecule has 1 fully saturated rings. The lowest BCUT2D eigenvalue weighted by Gasteiger charge is -2.32. The van der Waals surface area contributed by atoms with Gasteiger partial charge in [-0.2, -0.15) is 9.40 Å². The number of rotatable bonds is 4. The van der Waals surface area contributed by atoms with E-state index in [4.69, 9.17) is 4.74 Å². The van der Waals surface area contributed by atoms with E-state index in [0.29, 0.717) is 6.54 Å². The zero-order valence-electron chi connectivity index (χ0n) is 10.5. The molecule has 1 aliphatic rings. The van der Waals surface area contributed by atoms with Gasteiger partial charge in [0.05, 0.1) is 12.8 Å². The average molecular weight is 288 g/mol. The molecule has 8 nitrogen and oxygen atoms in total. The Morgan fingerprint density at radius 3 is 3.05 bits per heavy atom. The number of hydrogen-bond donors (Lipinski definition) is 2. The number of hydrogen-bond acceptors (Lipinski definition) is 6. The van der Waals surface area contributed by atoms with Crippen LogP contribution in [0.25, 0.3) is 0 Å². The summed E-state index contributed by atoms with van der Waals surface area (Å²) in [5.41, 5.74) is 0. The number of carbonyl (C=O) groups excluding carboxylic acids is 1. The minimum absolute atomic E-state index is 0.0244. The Labute approximate surface area is 111 Å². The Hall–Kier alpha value is -1.45. The lowest BCUT2D eigenvalue weighted by atomic mass is 10.2. The molecule has 2 N–H and O–H groups in total. The van der Waals surface area contributed by atoms with Gasteiger partial charge >= 0.3 is 5.97 Å². The molecule has 106 valence electrons. The van der Waals surface area contributed by atoms with E-state index in [1.54, 1.807) is 6.92 Å². The van der Waals surface area contributed by atoms with Crippen molar-refractivity contribution in [2.75, 3.05) is 26.2 Å². The molecule has 2 heterocycles. The third-order valence-corrected chi connectivity index (χ3v) is 4.65. The molecule has 0 radical (unpaired) electrons. The summed E-state index contributed by atoms with van der Waals surface area (Å²) < 4.78 is 30.8. The molecule has 19 heavy (non-hydrogen) atoms. The highest BCUT2D eigenvalue weighted by atomic mass is 32.2. The summed E-state index contributed by atoms with van der Waals surface area (Å²) >= 11 is 0. The molecular weight excluding hydrogens is 272 g/mol. The quantitative estimate of drug-likeness (QED) is 0.684. The van der Waals surface area contributed by atoms with Crippen molar-refractivity contribution in [2.45, 2.75) is 18.0 Å². The van der Waals surface area contributed by atoms with Crippen molar-refractivity contribution >= 4 is 16.0 Å². The van der Waals surface area contributed by atoms with Crippen LogP contribution in [0.1, 0.15) is 6.92 Å². The fraction of sp³-hybridized carbons (Fsp3) is 0.600. The van der Waals surface area contributed by atoms with Gasteiger partial charge in [-0.3, -0.25) is 9.89 Å². The van der Waals surface area contributed by atoms with Crippen LogP contribution in [0.4, 0.5) is 0 Å². The molecule has 0 amide bonds. The molecule has 1 aromatic rings. The van der Waals surface area contributed by atoms with Gasteiger partial charge < -0.3 is 10.1 Å². The van der Waals surface area contributed by atoms with Crippen molar-refractivity contribution < 1.29 is 17.9 Å². The third-order valence-electron chi connectivity index (χ3n) is 2.81. The van der Waals surface area contributed by atoms with E-state index in [0.717, 1.165) is 4.31 Å². The van der Waals surface area contributed by atoms with Crippen LogP contribution < -0.4 is 5.32 Å². The maximum absolute atomic E-state index is 12.4. The van der Waals surface area contributed by atoms with Crippen LogP contribution >= 0.6 is 0 Å².